The van der Waals surface area contributed by atoms with Crippen LogP contribution in [0.25, 0.3) is 0 Å². The molecule has 3 rings (SSSR count). The monoisotopic (exact) mass is 290 g/mol. The van der Waals surface area contributed by atoms with Gasteiger partial charge < -0.3 is 10.2 Å². The van der Waals surface area contributed by atoms with Crippen LogP contribution in [0, 0.1) is 0 Å². The maximum Gasteiger partial charge on any atom is 0.219 e. The Morgan fingerprint density at radius 3 is 2.80 bits per heavy atom. The van der Waals surface area contributed by atoms with Crippen LogP contribution in [-0.2, 0) is 10.5 Å². The second-order valence-corrected chi connectivity index (χ2v) is 6.74. The van der Waals surface area contributed by atoms with Crippen LogP contribution in [0.3, 0.4) is 0 Å². The van der Waals surface area contributed by atoms with Crippen molar-refractivity contribution in [1.82, 2.24) is 10.2 Å². The smallest absolute Gasteiger partial charge is 0.219 e. The number of amides is 1. The van der Waals surface area contributed by atoms with Crippen LogP contribution in [0.5, 0.6) is 0 Å². The fraction of sp³-hybridized carbons (Fsp3) is 0.562. The lowest BCUT2D eigenvalue weighted by Crippen LogP contribution is -2.46. The molecule has 1 saturated heterocycles. The number of nitrogens with one attached hydrogen (secondary N) is 1. The normalized spacial score (nSPS) is 23.4. The fourth-order valence-corrected chi connectivity index (χ4v) is 4.28. The summed E-state index contributed by atoms with van der Waals surface area (Å²) in [6, 6.07) is 9.79. The second-order valence-electron chi connectivity index (χ2n) is 5.71. The highest BCUT2D eigenvalue weighted by atomic mass is 32.2. The largest absolute Gasteiger partial charge is 0.343 e. The number of benzene rings is 1. The molecular weight excluding hydrogens is 268 g/mol. The van der Waals surface area contributed by atoms with Gasteiger partial charge in [0.25, 0.3) is 0 Å². The van der Waals surface area contributed by atoms with Crippen molar-refractivity contribution in [3.05, 3.63) is 35.4 Å². The van der Waals surface area contributed by atoms with Crippen LogP contribution in [0.2, 0.25) is 0 Å². The minimum atomic E-state index is 0.210. The van der Waals surface area contributed by atoms with Crippen LogP contribution in [0.1, 0.15) is 36.9 Å². The third kappa shape index (κ3) is 3.01. The maximum atomic E-state index is 11.4. The van der Waals surface area contributed by atoms with Gasteiger partial charge in [0.15, 0.2) is 0 Å². The summed E-state index contributed by atoms with van der Waals surface area (Å²) >= 11 is 2.01. The zero-order valence-corrected chi connectivity index (χ0v) is 12.8. The summed E-state index contributed by atoms with van der Waals surface area (Å²) in [5.74, 6) is 2.50. The third-order valence-electron chi connectivity index (χ3n) is 4.35. The van der Waals surface area contributed by atoms with E-state index in [0.717, 1.165) is 37.4 Å². The number of nitrogens with zero attached hydrogens (tertiary/aromatic N) is 1. The molecule has 1 fully saturated rings. The quantitative estimate of drug-likeness (QED) is 0.908. The first-order valence-corrected chi connectivity index (χ1v) is 8.56. The summed E-state index contributed by atoms with van der Waals surface area (Å²) in [5.41, 5.74) is 2.95. The van der Waals surface area contributed by atoms with Gasteiger partial charge in [-0.1, -0.05) is 24.3 Å². The molecule has 0 aliphatic carbocycles. The molecule has 1 aromatic rings. The van der Waals surface area contributed by atoms with Gasteiger partial charge in [-0.2, -0.15) is 11.8 Å². The Balaban J connectivity index is 1.61. The minimum Gasteiger partial charge on any atom is -0.343 e. The summed E-state index contributed by atoms with van der Waals surface area (Å²) in [6.45, 7) is 3.46. The fourth-order valence-electron chi connectivity index (χ4n) is 3.17. The van der Waals surface area contributed by atoms with E-state index in [1.165, 1.54) is 11.1 Å². The van der Waals surface area contributed by atoms with Gasteiger partial charge in [-0.3, -0.25) is 4.79 Å². The van der Waals surface area contributed by atoms with Crippen molar-refractivity contribution in [1.29, 1.82) is 0 Å². The zero-order valence-electron chi connectivity index (χ0n) is 12.0. The highest BCUT2D eigenvalue weighted by molar-refractivity contribution is 7.98. The van der Waals surface area contributed by atoms with Gasteiger partial charge in [-0.25, -0.2) is 0 Å². The molecule has 2 aliphatic rings. The predicted octanol–water partition coefficient (Wildman–Crippen LogP) is 2.58. The van der Waals surface area contributed by atoms with Crippen molar-refractivity contribution in [3.63, 3.8) is 0 Å². The van der Waals surface area contributed by atoms with E-state index in [4.69, 9.17) is 0 Å². The number of carbonyl (C=O) groups excluding carboxylic acids is 1. The third-order valence-corrected chi connectivity index (χ3v) is 5.43. The molecule has 1 aromatic carbocycles. The summed E-state index contributed by atoms with van der Waals surface area (Å²) in [5, 5.41) is 3.81. The summed E-state index contributed by atoms with van der Waals surface area (Å²) in [6.07, 6.45) is 2.14. The van der Waals surface area contributed by atoms with Gasteiger partial charge in [0.1, 0.15) is 0 Å². The molecule has 1 N–H and O–H groups in total. The number of likely N-dealkylation sites (tertiary alicyclic amines) is 1. The topological polar surface area (TPSA) is 32.3 Å². The second kappa shape index (κ2) is 6.19. The molecular formula is C16H22N2OS. The SMILES string of the molecule is CC(=O)N1CCC(NC2CSCc3ccccc32)CC1. The molecule has 2 aliphatic heterocycles. The summed E-state index contributed by atoms with van der Waals surface area (Å²) in [4.78, 5) is 13.3. The Hall–Kier alpha value is -1.00. The molecule has 1 atom stereocenters. The van der Waals surface area contributed by atoms with Crippen LogP contribution in [-0.4, -0.2) is 35.7 Å². The van der Waals surface area contributed by atoms with Gasteiger partial charge >= 0.3 is 0 Å². The molecule has 0 bridgehead atoms. The molecule has 3 nitrogen and oxygen atoms in total. The number of fused-ring (bicyclic) bond motifs is 1. The molecule has 2 heterocycles. The van der Waals surface area contributed by atoms with E-state index in [0.29, 0.717) is 12.1 Å². The molecule has 1 unspecified atom stereocenters. The summed E-state index contributed by atoms with van der Waals surface area (Å²) in [7, 11) is 0. The maximum absolute atomic E-state index is 11.4. The van der Waals surface area contributed by atoms with E-state index in [1.54, 1.807) is 6.92 Å². The van der Waals surface area contributed by atoms with Gasteiger partial charge in [0, 0.05) is 43.6 Å². The first-order chi connectivity index (χ1) is 9.74. The van der Waals surface area contributed by atoms with Crippen molar-refractivity contribution in [3.8, 4) is 0 Å². The number of piperidine rings is 1. The van der Waals surface area contributed by atoms with Gasteiger partial charge in [0.2, 0.25) is 5.91 Å². The molecule has 0 radical (unpaired) electrons. The Morgan fingerprint density at radius 2 is 2.05 bits per heavy atom. The summed E-state index contributed by atoms with van der Waals surface area (Å²) < 4.78 is 0. The van der Waals surface area contributed by atoms with Crippen molar-refractivity contribution in [2.24, 2.45) is 0 Å². The van der Waals surface area contributed by atoms with Gasteiger partial charge in [-0.15, -0.1) is 0 Å². The van der Waals surface area contributed by atoms with Crippen molar-refractivity contribution in [2.75, 3.05) is 18.8 Å². The Kier molecular flexibility index (Phi) is 4.32. The Morgan fingerprint density at radius 1 is 1.30 bits per heavy atom. The van der Waals surface area contributed by atoms with E-state index in [9.17, 15) is 4.79 Å². The van der Waals surface area contributed by atoms with E-state index in [2.05, 4.69) is 29.6 Å². The lowest BCUT2D eigenvalue weighted by atomic mass is 9.98. The molecule has 0 aromatic heterocycles. The number of thioether (sulfide) groups is 1. The number of hydrogen-bond acceptors (Lipinski definition) is 3. The number of carbonyl (C=O) groups is 1. The Labute approximate surface area is 125 Å². The van der Waals surface area contributed by atoms with E-state index >= 15 is 0 Å². The van der Waals surface area contributed by atoms with E-state index in [1.807, 2.05) is 16.7 Å². The van der Waals surface area contributed by atoms with Crippen LogP contribution < -0.4 is 5.32 Å². The standard InChI is InChI=1S/C16H22N2OS/c1-12(19)18-8-6-14(7-9-18)17-16-11-20-10-13-4-2-3-5-15(13)16/h2-5,14,16-17H,6-11H2,1H3. The molecule has 0 spiro atoms. The first-order valence-electron chi connectivity index (χ1n) is 7.41. The lowest BCUT2D eigenvalue weighted by Gasteiger charge is -2.35. The van der Waals surface area contributed by atoms with E-state index < -0.39 is 0 Å². The van der Waals surface area contributed by atoms with Crippen LogP contribution in [0.4, 0.5) is 0 Å². The van der Waals surface area contributed by atoms with Crippen LogP contribution >= 0.6 is 11.8 Å². The van der Waals surface area contributed by atoms with Crippen molar-refractivity contribution < 1.29 is 4.79 Å². The lowest BCUT2D eigenvalue weighted by molar-refractivity contribution is -0.129. The average Bonchev–Trinajstić information content (AvgIpc) is 2.48. The minimum absolute atomic E-state index is 0.210. The van der Waals surface area contributed by atoms with Crippen LogP contribution in [0.15, 0.2) is 24.3 Å². The molecule has 108 valence electrons. The van der Waals surface area contributed by atoms with E-state index in [-0.39, 0.29) is 5.91 Å². The zero-order chi connectivity index (χ0) is 13.9. The molecule has 1 amide bonds. The highest BCUT2D eigenvalue weighted by Gasteiger charge is 2.26. The predicted molar refractivity (Wildman–Crippen MR) is 83.8 cm³/mol. The Bertz CT molecular complexity index is 483. The van der Waals surface area contributed by atoms with Gasteiger partial charge in [0.05, 0.1) is 0 Å². The number of hydrogen-bond donors (Lipinski definition) is 1. The molecule has 0 saturated carbocycles. The highest BCUT2D eigenvalue weighted by Crippen LogP contribution is 2.32. The van der Waals surface area contributed by atoms with Crippen molar-refractivity contribution in [2.45, 2.75) is 37.6 Å². The van der Waals surface area contributed by atoms with Crippen molar-refractivity contribution >= 4 is 17.7 Å². The molecule has 4 heteroatoms. The average molecular weight is 290 g/mol. The molecule has 20 heavy (non-hydrogen) atoms. The number of rotatable bonds is 2. The van der Waals surface area contributed by atoms with Gasteiger partial charge in [-0.05, 0) is 24.0 Å². The first kappa shape index (κ1) is 14.0.